The summed E-state index contributed by atoms with van der Waals surface area (Å²) in [6.07, 6.45) is -0.279. The quantitative estimate of drug-likeness (QED) is 0.879. The standard InChI is InChI=1S/C15H19NO5/c1-4-11-13(18)16(15(2,3)14(19)20)10-6-5-9(8-17)7-12(10)21-11/h5-7,11,17H,4,8H2,1-3H3,(H,19,20). The first-order chi connectivity index (χ1) is 9.82. The van der Waals surface area contributed by atoms with Crippen LogP contribution < -0.4 is 9.64 Å². The smallest absolute Gasteiger partial charge is 0.329 e. The molecular weight excluding hydrogens is 274 g/mol. The molecule has 6 nitrogen and oxygen atoms in total. The van der Waals surface area contributed by atoms with Gasteiger partial charge in [-0.25, -0.2) is 4.79 Å². The van der Waals surface area contributed by atoms with E-state index in [1.807, 2.05) is 0 Å². The minimum atomic E-state index is -1.39. The third-order valence-electron chi connectivity index (χ3n) is 3.67. The molecule has 1 aliphatic heterocycles. The molecule has 0 saturated carbocycles. The lowest BCUT2D eigenvalue weighted by atomic mass is 9.98. The Balaban J connectivity index is 2.59. The molecule has 6 heteroatoms. The second-order valence-corrected chi connectivity index (χ2v) is 5.51. The number of nitrogens with zero attached hydrogens (tertiary/aromatic N) is 1. The van der Waals surface area contributed by atoms with Gasteiger partial charge in [0.15, 0.2) is 6.10 Å². The second kappa shape index (κ2) is 5.37. The summed E-state index contributed by atoms with van der Waals surface area (Å²) in [5.41, 5.74) is -0.329. The Morgan fingerprint density at radius 1 is 1.43 bits per heavy atom. The van der Waals surface area contributed by atoms with E-state index in [9.17, 15) is 19.8 Å². The first-order valence-corrected chi connectivity index (χ1v) is 6.80. The van der Waals surface area contributed by atoms with E-state index in [1.54, 1.807) is 25.1 Å². The average molecular weight is 293 g/mol. The number of hydrogen-bond donors (Lipinski definition) is 2. The summed E-state index contributed by atoms with van der Waals surface area (Å²) < 4.78 is 5.65. The summed E-state index contributed by atoms with van der Waals surface area (Å²) in [5.74, 6) is -1.04. The van der Waals surface area contributed by atoms with Crippen molar-refractivity contribution in [2.75, 3.05) is 4.90 Å². The van der Waals surface area contributed by atoms with E-state index in [1.165, 1.54) is 18.7 Å². The Kier molecular flexibility index (Phi) is 3.91. The average Bonchev–Trinajstić information content (AvgIpc) is 2.45. The highest BCUT2D eigenvalue weighted by Crippen LogP contribution is 2.39. The molecule has 2 rings (SSSR count). The maximum Gasteiger partial charge on any atom is 0.329 e. The lowest BCUT2D eigenvalue weighted by Crippen LogP contribution is -2.59. The van der Waals surface area contributed by atoms with E-state index in [4.69, 9.17) is 4.74 Å². The van der Waals surface area contributed by atoms with Gasteiger partial charge in [0, 0.05) is 0 Å². The number of aliphatic hydroxyl groups is 1. The van der Waals surface area contributed by atoms with Crippen molar-refractivity contribution in [3.63, 3.8) is 0 Å². The van der Waals surface area contributed by atoms with Crippen molar-refractivity contribution in [2.24, 2.45) is 0 Å². The van der Waals surface area contributed by atoms with Gasteiger partial charge < -0.3 is 14.9 Å². The van der Waals surface area contributed by atoms with Crippen LogP contribution in [0.3, 0.4) is 0 Å². The number of ether oxygens (including phenoxy) is 1. The lowest BCUT2D eigenvalue weighted by molar-refractivity contribution is -0.145. The molecule has 1 heterocycles. The molecule has 1 aliphatic rings. The van der Waals surface area contributed by atoms with Gasteiger partial charge in [-0.2, -0.15) is 0 Å². The van der Waals surface area contributed by atoms with Gasteiger partial charge in [-0.1, -0.05) is 13.0 Å². The summed E-state index contributed by atoms with van der Waals surface area (Å²) in [6, 6.07) is 4.89. The number of carboxylic acids is 1. The molecule has 21 heavy (non-hydrogen) atoms. The molecule has 2 N–H and O–H groups in total. The van der Waals surface area contributed by atoms with Crippen molar-refractivity contribution < 1.29 is 24.5 Å². The van der Waals surface area contributed by atoms with Crippen molar-refractivity contribution >= 4 is 17.6 Å². The fraction of sp³-hybridized carbons (Fsp3) is 0.467. The molecule has 0 aromatic heterocycles. The van der Waals surface area contributed by atoms with Gasteiger partial charge in [-0.3, -0.25) is 9.69 Å². The Hall–Kier alpha value is -2.08. The second-order valence-electron chi connectivity index (χ2n) is 5.51. The number of carboxylic acid groups (broad SMARTS) is 1. The molecular formula is C15H19NO5. The summed E-state index contributed by atoms with van der Waals surface area (Å²) >= 11 is 0. The maximum absolute atomic E-state index is 12.5. The molecule has 1 unspecified atom stereocenters. The number of rotatable bonds is 4. The van der Waals surface area contributed by atoms with E-state index in [-0.39, 0.29) is 12.5 Å². The molecule has 114 valence electrons. The molecule has 0 aliphatic carbocycles. The van der Waals surface area contributed by atoms with Crippen LogP contribution in [0.1, 0.15) is 32.8 Å². The zero-order valence-electron chi connectivity index (χ0n) is 12.3. The first kappa shape index (κ1) is 15.3. The molecule has 1 amide bonds. The Bertz CT molecular complexity index is 581. The van der Waals surface area contributed by atoms with Crippen molar-refractivity contribution in [3.05, 3.63) is 23.8 Å². The van der Waals surface area contributed by atoms with Crippen LogP contribution in [-0.2, 0) is 16.2 Å². The summed E-state index contributed by atoms with van der Waals surface area (Å²) in [5, 5.41) is 18.6. The highest BCUT2D eigenvalue weighted by Gasteiger charge is 2.45. The van der Waals surface area contributed by atoms with Crippen LogP contribution in [0.5, 0.6) is 5.75 Å². The normalized spacial score (nSPS) is 18.2. The van der Waals surface area contributed by atoms with Gasteiger partial charge in [-0.05, 0) is 38.0 Å². The molecule has 1 aromatic rings. The largest absolute Gasteiger partial charge is 0.480 e. The molecule has 0 saturated heterocycles. The van der Waals surface area contributed by atoms with Crippen LogP contribution in [0, 0.1) is 0 Å². The molecule has 0 spiro atoms. The highest BCUT2D eigenvalue weighted by molar-refractivity contribution is 6.05. The number of aliphatic carboxylic acids is 1. The monoisotopic (exact) mass is 293 g/mol. The van der Waals surface area contributed by atoms with Gasteiger partial charge in [0.05, 0.1) is 12.3 Å². The molecule has 0 fully saturated rings. The number of benzene rings is 1. The third kappa shape index (κ3) is 2.47. The van der Waals surface area contributed by atoms with Gasteiger partial charge in [0.1, 0.15) is 11.3 Å². The van der Waals surface area contributed by atoms with E-state index < -0.39 is 17.6 Å². The molecule has 1 aromatic carbocycles. The van der Waals surface area contributed by atoms with E-state index in [2.05, 4.69) is 0 Å². The van der Waals surface area contributed by atoms with Gasteiger partial charge >= 0.3 is 5.97 Å². The number of carbonyl (C=O) groups is 2. The molecule has 1 atom stereocenters. The fourth-order valence-electron chi connectivity index (χ4n) is 2.33. The predicted octanol–water partition coefficient (Wildman–Crippen LogP) is 1.55. The van der Waals surface area contributed by atoms with Crippen LogP contribution in [0.15, 0.2) is 18.2 Å². The van der Waals surface area contributed by atoms with Gasteiger partial charge in [0.2, 0.25) is 0 Å². The number of carbonyl (C=O) groups excluding carboxylic acids is 1. The molecule has 0 radical (unpaired) electrons. The Morgan fingerprint density at radius 3 is 2.62 bits per heavy atom. The Labute approximate surface area is 122 Å². The minimum absolute atomic E-state index is 0.149. The van der Waals surface area contributed by atoms with Crippen LogP contribution in [0.25, 0.3) is 0 Å². The zero-order valence-corrected chi connectivity index (χ0v) is 12.3. The summed E-state index contributed by atoms with van der Waals surface area (Å²) in [6.45, 7) is 4.61. The topological polar surface area (TPSA) is 87.1 Å². The Morgan fingerprint density at radius 2 is 2.10 bits per heavy atom. The number of anilines is 1. The van der Waals surface area contributed by atoms with Crippen molar-refractivity contribution in [3.8, 4) is 5.75 Å². The van der Waals surface area contributed by atoms with E-state index in [0.29, 0.717) is 23.4 Å². The summed E-state index contributed by atoms with van der Waals surface area (Å²) in [4.78, 5) is 25.3. The van der Waals surface area contributed by atoms with Gasteiger partial charge in [0.25, 0.3) is 5.91 Å². The minimum Gasteiger partial charge on any atom is -0.480 e. The van der Waals surface area contributed by atoms with Crippen LogP contribution in [0.2, 0.25) is 0 Å². The summed E-state index contributed by atoms with van der Waals surface area (Å²) in [7, 11) is 0. The predicted molar refractivity (Wildman–Crippen MR) is 76.3 cm³/mol. The first-order valence-electron chi connectivity index (χ1n) is 6.80. The maximum atomic E-state index is 12.5. The third-order valence-corrected chi connectivity index (χ3v) is 3.67. The SMILES string of the molecule is CCC1Oc2cc(CO)ccc2N(C(C)(C)C(=O)O)C1=O. The van der Waals surface area contributed by atoms with Crippen LogP contribution in [0.4, 0.5) is 5.69 Å². The highest BCUT2D eigenvalue weighted by atomic mass is 16.5. The van der Waals surface area contributed by atoms with Crippen molar-refractivity contribution in [1.29, 1.82) is 0 Å². The number of hydrogen-bond acceptors (Lipinski definition) is 4. The number of aliphatic hydroxyl groups excluding tert-OH is 1. The lowest BCUT2D eigenvalue weighted by Gasteiger charge is -2.41. The number of amides is 1. The fourth-order valence-corrected chi connectivity index (χ4v) is 2.33. The van der Waals surface area contributed by atoms with Crippen molar-refractivity contribution in [2.45, 2.75) is 45.4 Å². The number of fused-ring (bicyclic) bond motifs is 1. The van der Waals surface area contributed by atoms with Gasteiger partial charge in [-0.15, -0.1) is 0 Å². The molecule has 0 bridgehead atoms. The zero-order chi connectivity index (χ0) is 15.8. The van der Waals surface area contributed by atoms with E-state index >= 15 is 0 Å². The van der Waals surface area contributed by atoms with E-state index in [0.717, 1.165) is 0 Å². The van der Waals surface area contributed by atoms with Crippen LogP contribution in [-0.4, -0.2) is 33.7 Å². The van der Waals surface area contributed by atoms with Crippen LogP contribution >= 0.6 is 0 Å². The van der Waals surface area contributed by atoms with Crippen molar-refractivity contribution in [1.82, 2.24) is 0 Å².